The third-order valence-corrected chi connectivity index (χ3v) is 4.51. The number of nitrogens with zero attached hydrogens (tertiary/aromatic N) is 3. The van der Waals surface area contributed by atoms with Gasteiger partial charge in [-0.2, -0.15) is 0 Å². The van der Waals surface area contributed by atoms with E-state index in [1.54, 1.807) is 0 Å². The van der Waals surface area contributed by atoms with Crippen LogP contribution in [0.15, 0.2) is 58.0 Å². The Hall–Kier alpha value is -2.05. The van der Waals surface area contributed by atoms with E-state index in [0.29, 0.717) is 4.80 Å². The highest BCUT2D eigenvalue weighted by atomic mass is 79.9. The normalized spacial score (nSPS) is 12.3. The van der Waals surface area contributed by atoms with Crippen molar-refractivity contribution in [2.24, 2.45) is 4.99 Å². The molecule has 2 heterocycles. The first-order valence-corrected chi connectivity index (χ1v) is 7.95. The van der Waals surface area contributed by atoms with E-state index in [2.05, 4.69) is 36.1 Å². The van der Waals surface area contributed by atoms with Gasteiger partial charge < -0.3 is 4.98 Å². The number of fused-ring (bicyclic) bond motifs is 3. The first-order chi connectivity index (χ1) is 10.3. The highest BCUT2D eigenvalue weighted by molar-refractivity contribution is 9.10. The van der Waals surface area contributed by atoms with Crippen LogP contribution in [0.2, 0.25) is 0 Å². The molecule has 0 aliphatic heterocycles. The van der Waals surface area contributed by atoms with Gasteiger partial charge in [-0.25, -0.2) is 4.99 Å². The molecule has 0 amide bonds. The molecule has 0 aliphatic carbocycles. The molecular formula is C15H9BrN4S. The van der Waals surface area contributed by atoms with Crippen molar-refractivity contribution in [3.8, 4) is 0 Å². The van der Waals surface area contributed by atoms with E-state index >= 15 is 0 Å². The maximum absolute atomic E-state index is 4.51. The summed E-state index contributed by atoms with van der Waals surface area (Å²) in [6.45, 7) is 0. The summed E-state index contributed by atoms with van der Waals surface area (Å²) >= 11 is 4.92. The van der Waals surface area contributed by atoms with Gasteiger partial charge in [-0.1, -0.05) is 45.5 Å². The molecule has 0 radical (unpaired) electrons. The zero-order valence-electron chi connectivity index (χ0n) is 10.7. The summed E-state index contributed by atoms with van der Waals surface area (Å²) < 4.78 is 1.03. The highest BCUT2D eigenvalue weighted by Crippen LogP contribution is 2.23. The average molecular weight is 357 g/mol. The molecule has 2 aromatic carbocycles. The van der Waals surface area contributed by atoms with E-state index in [0.717, 1.165) is 31.4 Å². The lowest BCUT2D eigenvalue weighted by molar-refractivity contribution is 1.03. The standard InChI is InChI=1S/C15H9BrN4S/c16-9-5-7-10(8-6-9)17-15-20-19-13-11-3-1-2-4-12(11)18-14(13)21-15/h1-8,18H. The number of aromatic nitrogens is 3. The van der Waals surface area contributed by atoms with Gasteiger partial charge in [0.1, 0.15) is 10.3 Å². The SMILES string of the molecule is Brc1ccc(N=c2nnc3c([nH]c4ccccc43)s2)cc1. The van der Waals surface area contributed by atoms with E-state index in [9.17, 15) is 0 Å². The topological polar surface area (TPSA) is 53.9 Å². The quantitative estimate of drug-likeness (QED) is 0.556. The van der Waals surface area contributed by atoms with Gasteiger partial charge in [0.05, 0.1) is 5.69 Å². The molecule has 0 fully saturated rings. The van der Waals surface area contributed by atoms with Crippen molar-refractivity contribution in [3.05, 3.63) is 57.8 Å². The number of benzene rings is 2. The second kappa shape index (κ2) is 5.05. The number of aromatic amines is 1. The van der Waals surface area contributed by atoms with E-state index in [-0.39, 0.29) is 0 Å². The number of nitrogens with one attached hydrogen (secondary N) is 1. The van der Waals surface area contributed by atoms with Gasteiger partial charge in [0.2, 0.25) is 4.80 Å². The van der Waals surface area contributed by atoms with E-state index in [1.165, 1.54) is 11.3 Å². The van der Waals surface area contributed by atoms with Crippen LogP contribution < -0.4 is 4.80 Å². The van der Waals surface area contributed by atoms with Gasteiger partial charge >= 0.3 is 0 Å². The van der Waals surface area contributed by atoms with Crippen LogP contribution >= 0.6 is 27.3 Å². The Balaban J connectivity index is 1.90. The maximum Gasteiger partial charge on any atom is 0.232 e. The number of hydrogen-bond donors (Lipinski definition) is 1. The molecule has 1 N–H and O–H groups in total. The van der Waals surface area contributed by atoms with Crippen molar-refractivity contribution in [1.29, 1.82) is 0 Å². The molecule has 0 unspecified atom stereocenters. The van der Waals surface area contributed by atoms with Gasteiger partial charge in [0, 0.05) is 15.4 Å². The summed E-state index contributed by atoms with van der Waals surface area (Å²) in [5.41, 5.74) is 2.82. The third-order valence-electron chi connectivity index (χ3n) is 3.13. The van der Waals surface area contributed by atoms with Gasteiger partial charge in [0.25, 0.3) is 0 Å². The van der Waals surface area contributed by atoms with Gasteiger partial charge in [0.15, 0.2) is 0 Å². The van der Waals surface area contributed by atoms with Crippen molar-refractivity contribution in [1.82, 2.24) is 15.2 Å². The molecule has 4 rings (SSSR count). The second-order valence-electron chi connectivity index (χ2n) is 4.52. The maximum atomic E-state index is 4.51. The number of rotatable bonds is 1. The highest BCUT2D eigenvalue weighted by Gasteiger charge is 2.05. The Kier molecular flexibility index (Phi) is 3.05. The molecule has 2 aromatic heterocycles. The molecular weight excluding hydrogens is 348 g/mol. The minimum absolute atomic E-state index is 0.636. The summed E-state index contributed by atoms with van der Waals surface area (Å²) in [4.78, 5) is 9.49. The van der Waals surface area contributed by atoms with Gasteiger partial charge in [-0.15, -0.1) is 10.2 Å². The van der Waals surface area contributed by atoms with Gasteiger partial charge in [-0.05, 0) is 30.3 Å². The molecule has 0 aliphatic rings. The second-order valence-corrected chi connectivity index (χ2v) is 6.41. The van der Waals surface area contributed by atoms with Crippen LogP contribution in [0, 0.1) is 0 Å². The predicted molar refractivity (Wildman–Crippen MR) is 88.6 cm³/mol. The molecule has 0 saturated heterocycles. The summed E-state index contributed by atoms with van der Waals surface area (Å²) in [5, 5.41) is 9.62. The monoisotopic (exact) mass is 356 g/mol. The van der Waals surface area contributed by atoms with Crippen LogP contribution in [0.3, 0.4) is 0 Å². The van der Waals surface area contributed by atoms with Crippen LogP contribution in [-0.2, 0) is 0 Å². The lowest BCUT2D eigenvalue weighted by Gasteiger charge is -1.93. The third kappa shape index (κ3) is 2.36. The summed E-state index contributed by atoms with van der Waals surface area (Å²) in [5.74, 6) is 0. The summed E-state index contributed by atoms with van der Waals surface area (Å²) in [6, 6.07) is 15.9. The number of hydrogen-bond acceptors (Lipinski definition) is 4. The van der Waals surface area contributed by atoms with Crippen molar-refractivity contribution < 1.29 is 0 Å². The number of H-pyrrole nitrogens is 1. The molecule has 4 aromatic rings. The molecule has 102 valence electrons. The fourth-order valence-electron chi connectivity index (χ4n) is 2.15. The largest absolute Gasteiger partial charge is 0.345 e. The fraction of sp³-hybridized carbons (Fsp3) is 0. The molecule has 21 heavy (non-hydrogen) atoms. The van der Waals surface area contributed by atoms with Crippen LogP contribution in [0.4, 0.5) is 5.69 Å². The van der Waals surface area contributed by atoms with Crippen molar-refractivity contribution >= 4 is 54.2 Å². The Morgan fingerprint density at radius 3 is 2.67 bits per heavy atom. The Bertz CT molecular complexity index is 1000. The van der Waals surface area contributed by atoms with Crippen molar-refractivity contribution in [2.45, 2.75) is 0 Å². The Morgan fingerprint density at radius 2 is 1.81 bits per heavy atom. The molecule has 0 bridgehead atoms. The fourth-order valence-corrected chi connectivity index (χ4v) is 3.24. The van der Waals surface area contributed by atoms with E-state index < -0.39 is 0 Å². The smallest absolute Gasteiger partial charge is 0.232 e. The van der Waals surface area contributed by atoms with Gasteiger partial charge in [-0.3, -0.25) is 0 Å². The molecule has 6 heteroatoms. The Morgan fingerprint density at radius 1 is 1.00 bits per heavy atom. The molecule has 0 spiro atoms. The molecule has 4 nitrogen and oxygen atoms in total. The minimum atomic E-state index is 0.636. The summed E-state index contributed by atoms with van der Waals surface area (Å²) in [6.07, 6.45) is 0. The molecule has 0 saturated carbocycles. The van der Waals surface area contributed by atoms with Crippen LogP contribution in [0.5, 0.6) is 0 Å². The van der Waals surface area contributed by atoms with Crippen LogP contribution in [0.25, 0.3) is 21.3 Å². The lowest BCUT2D eigenvalue weighted by atomic mass is 10.2. The van der Waals surface area contributed by atoms with Crippen LogP contribution in [0.1, 0.15) is 0 Å². The number of halogens is 1. The molecule has 0 atom stereocenters. The lowest BCUT2D eigenvalue weighted by Crippen LogP contribution is -2.03. The Labute approximate surface area is 132 Å². The average Bonchev–Trinajstić information content (AvgIpc) is 2.87. The minimum Gasteiger partial charge on any atom is -0.345 e. The van der Waals surface area contributed by atoms with E-state index in [1.807, 2.05) is 48.5 Å². The first kappa shape index (κ1) is 12.7. The zero-order valence-corrected chi connectivity index (χ0v) is 13.1. The van der Waals surface area contributed by atoms with Crippen molar-refractivity contribution in [2.75, 3.05) is 0 Å². The predicted octanol–water partition coefficient (Wildman–Crippen LogP) is 4.17. The van der Waals surface area contributed by atoms with E-state index in [4.69, 9.17) is 0 Å². The van der Waals surface area contributed by atoms with Crippen LogP contribution in [-0.4, -0.2) is 15.2 Å². The first-order valence-electron chi connectivity index (χ1n) is 6.34. The summed E-state index contributed by atoms with van der Waals surface area (Å²) in [7, 11) is 0. The number of para-hydroxylation sites is 1. The van der Waals surface area contributed by atoms with Crippen molar-refractivity contribution in [3.63, 3.8) is 0 Å². The zero-order chi connectivity index (χ0) is 14.2.